The SMILES string of the molecule is CC(C(N)n1ccnc1)n1c(-c2ccccc2)ccc1C12CC3CC(CC(C3)C1)C2. The van der Waals surface area contributed by atoms with E-state index in [9.17, 15) is 0 Å². The van der Waals surface area contributed by atoms with Gasteiger partial charge in [-0.2, -0.15) is 0 Å². The summed E-state index contributed by atoms with van der Waals surface area (Å²) in [4.78, 5) is 4.24. The molecule has 0 amide bonds. The van der Waals surface area contributed by atoms with Gasteiger partial charge in [0.05, 0.1) is 12.4 Å². The van der Waals surface area contributed by atoms with Crippen molar-refractivity contribution in [3.05, 3.63) is 66.9 Å². The Kier molecular flexibility index (Phi) is 4.21. The van der Waals surface area contributed by atoms with Gasteiger partial charge in [0, 0.05) is 29.2 Å². The molecule has 156 valence electrons. The van der Waals surface area contributed by atoms with Crippen LogP contribution < -0.4 is 5.73 Å². The lowest BCUT2D eigenvalue weighted by Gasteiger charge is -2.57. The standard InChI is InChI=1S/C26H32N4/c1-18(25(27)29-10-9-28-17-29)30-23(22-5-3-2-4-6-22)7-8-24(30)26-14-19-11-20(15-26)13-21(12-19)16-26/h2-10,17-21,25H,11-16,27H2,1H3. The molecule has 2 heterocycles. The van der Waals surface area contributed by atoms with Crippen LogP contribution in [0.2, 0.25) is 0 Å². The van der Waals surface area contributed by atoms with Crippen molar-refractivity contribution >= 4 is 0 Å². The fourth-order valence-corrected chi connectivity index (χ4v) is 7.44. The normalized spacial score (nSPS) is 31.7. The second-order valence-electron chi connectivity index (χ2n) is 10.3. The summed E-state index contributed by atoms with van der Waals surface area (Å²) < 4.78 is 4.63. The van der Waals surface area contributed by atoms with Crippen LogP contribution in [0.5, 0.6) is 0 Å². The molecule has 1 aromatic carbocycles. The number of hydrogen-bond donors (Lipinski definition) is 1. The summed E-state index contributed by atoms with van der Waals surface area (Å²) in [7, 11) is 0. The maximum atomic E-state index is 6.78. The molecule has 2 unspecified atom stereocenters. The zero-order valence-corrected chi connectivity index (χ0v) is 17.8. The molecule has 4 aliphatic rings. The van der Waals surface area contributed by atoms with Crippen molar-refractivity contribution in [2.24, 2.45) is 23.5 Å². The quantitative estimate of drug-likeness (QED) is 0.611. The predicted octanol–water partition coefficient (Wildman–Crippen LogP) is 5.54. The van der Waals surface area contributed by atoms with E-state index in [0.29, 0.717) is 5.41 Å². The molecule has 7 rings (SSSR count). The van der Waals surface area contributed by atoms with Crippen LogP contribution in [0, 0.1) is 17.8 Å². The van der Waals surface area contributed by atoms with Crippen LogP contribution in [-0.2, 0) is 5.41 Å². The number of imidazole rings is 1. The lowest BCUT2D eigenvalue weighted by molar-refractivity contribution is -0.00957. The minimum Gasteiger partial charge on any atom is -0.338 e. The Labute approximate surface area is 179 Å². The predicted molar refractivity (Wildman–Crippen MR) is 120 cm³/mol. The van der Waals surface area contributed by atoms with E-state index in [1.165, 1.54) is 55.5 Å². The van der Waals surface area contributed by atoms with Gasteiger partial charge in [-0.15, -0.1) is 0 Å². The molecular weight excluding hydrogens is 368 g/mol. The van der Waals surface area contributed by atoms with Crippen LogP contribution in [0.4, 0.5) is 0 Å². The van der Waals surface area contributed by atoms with E-state index in [1.807, 2.05) is 23.3 Å². The Morgan fingerprint density at radius 3 is 2.23 bits per heavy atom. The summed E-state index contributed by atoms with van der Waals surface area (Å²) in [5.41, 5.74) is 11.2. The van der Waals surface area contributed by atoms with Crippen LogP contribution in [0.3, 0.4) is 0 Å². The van der Waals surface area contributed by atoms with Crippen molar-refractivity contribution in [2.75, 3.05) is 0 Å². The molecule has 30 heavy (non-hydrogen) atoms. The Morgan fingerprint density at radius 1 is 0.967 bits per heavy atom. The number of nitrogens with two attached hydrogens (primary N) is 1. The van der Waals surface area contributed by atoms with Gasteiger partial charge in [-0.3, -0.25) is 0 Å². The zero-order valence-electron chi connectivity index (χ0n) is 17.8. The molecule has 4 nitrogen and oxygen atoms in total. The average molecular weight is 401 g/mol. The first kappa shape index (κ1) is 18.4. The Morgan fingerprint density at radius 2 is 1.63 bits per heavy atom. The first-order chi connectivity index (χ1) is 14.6. The maximum Gasteiger partial charge on any atom is 0.103 e. The fraction of sp³-hybridized carbons (Fsp3) is 0.500. The van der Waals surface area contributed by atoms with Crippen LogP contribution in [-0.4, -0.2) is 14.1 Å². The van der Waals surface area contributed by atoms with Crippen molar-refractivity contribution in [2.45, 2.75) is 63.1 Å². The zero-order chi connectivity index (χ0) is 20.3. The summed E-state index contributed by atoms with van der Waals surface area (Å²) in [5, 5.41) is 0. The molecule has 4 aliphatic carbocycles. The lowest BCUT2D eigenvalue weighted by Crippen LogP contribution is -2.49. The van der Waals surface area contributed by atoms with E-state index >= 15 is 0 Å². The Balaban J connectivity index is 1.48. The Hall–Kier alpha value is -2.33. The van der Waals surface area contributed by atoms with Crippen molar-refractivity contribution in [3.8, 4) is 11.3 Å². The third-order valence-electron chi connectivity index (χ3n) is 8.34. The minimum absolute atomic E-state index is 0.143. The average Bonchev–Trinajstić information content (AvgIpc) is 3.43. The molecule has 3 aromatic rings. The highest BCUT2D eigenvalue weighted by atomic mass is 15.2. The van der Waals surface area contributed by atoms with Gasteiger partial charge in [0.1, 0.15) is 6.17 Å². The molecule has 0 radical (unpaired) electrons. The topological polar surface area (TPSA) is 48.8 Å². The molecule has 0 saturated heterocycles. The number of hydrogen-bond acceptors (Lipinski definition) is 2. The van der Waals surface area contributed by atoms with Crippen LogP contribution in [0.25, 0.3) is 11.3 Å². The van der Waals surface area contributed by atoms with Gasteiger partial charge in [-0.05, 0) is 80.9 Å². The van der Waals surface area contributed by atoms with Gasteiger partial charge in [-0.25, -0.2) is 4.98 Å². The van der Waals surface area contributed by atoms with Crippen LogP contribution in [0.15, 0.2) is 61.2 Å². The second-order valence-corrected chi connectivity index (χ2v) is 10.3. The van der Waals surface area contributed by atoms with E-state index in [4.69, 9.17) is 5.73 Å². The third-order valence-corrected chi connectivity index (χ3v) is 8.34. The molecule has 2 N–H and O–H groups in total. The largest absolute Gasteiger partial charge is 0.338 e. The number of benzene rings is 1. The number of aromatic nitrogens is 3. The van der Waals surface area contributed by atoms with Crippen molar-refractivity contribution in [1.82, 2.24) is 14.1 Å². The first-order valence-electron chi connectivity index (χ1n) is 11.6. The van der Waals surface area contributed by atoms with Gasteiger partial charge in [0.25, 0.3) is 0 Å². The van der Waals surface area contributed by atoms with Crippen molar-refractivity contribution in [3.63, 3.8) is 0 Å². The minimum atomic E-state index is -0.143. The number of rotatable bonds is 5. The van der Waals surface area contributed by atoms with E-state index in [1.54, 1.807) is 0 Å². The van der Waals surface area contributed by atoms with Crippen LogP contribution >= 0.6 is 0 Å². The van der Waals surface area contributed by atoms with E-state index in [2.05, 4.69) is 58.9 Å². The van der Waals surface area contributed by atoms with Crippen molar-refractivity contribution < 1.29 is 0 Å². The summed E-state index contributed by atoms with van der Waals surface area (Å²) in [5.74, 6) is 2.78. The van der Waals surface area contributed by atoms with Gasteiger partial charge in [0.15, 0.2) is 0 Å². The smallest absolute Gasteiger partial charge is 0.103 e. The van der Waals surface area contributed by atoms with Gasteiger partial charge in [-0.1, -0.05) is 30.3 Å². The molecule has 2 atom stereocenters. The molecule has 0 aliphatic heterocycles. The molecule has 2 aromatic heterocycles. The van der Waals surface area contributed by atoms with Gasteiger partial charge >= 0.3 is 0 Å². The highest BCUT2D eigenvalue weighted by Gasteiger charge is 2.53. The fourth-order valence-electron chi connectivity index (χ4n) is 7.44. The molecule has 4 bridgehead atoms. The maximum absolute atomic E-state index is 6.78. The van der Waals surface area contributed by atoms with E-state index in [-0.39, 0.29) is 12.2 Å². The monoisotopic (exact) mass is 400 g/mol. The van der Waals surface area contributed by atoms with E-state index in [0.717, 1.165) is 17.8 Å². The third kappa shape index (κ3) is 2.80. The molecule has 4 heteroatoms. The summed E-state index contributed by atoms with van der Waals surface area (Å²) in [6.07, 6.45) is 14.0. The van der Waals surface area contributed by atoms with Crippen molar-refractivity contribution in [1.29, 1.82) is 0 Å². The Bertz CT molecular complexity index is 981. The van der Waals surface area contributed by atoms with Gasteiger partial charge < -0.3 is 14.9 Å². The lowest BCUT2D eigenvalue weighted by atomic mass is 9.49. The highest BCUT2D eigenvalue weighted by Crippen LogP contribution is 2.61. The molecule has 4 saturated carbocycles. The first-order valence-corrected chi connectivity index (χ1v) is 11.6. The molecule has 0 spiro atoms. The second kappa shape index (κ2) is 6.84. The summed E-state index contributed by atoms with van der Waals surface area (Å²) in [6.45, 7) is 2.28. The summed E-state index contributed by atoms with van der Waals surface area (Å²) in [6, 6.07) is 15.8. The highest BCUT2D eigenvalue weighted by molar-refractivity contribution is 5.61. The van der Waals surface area contributed by atoms with E-state index < -0.39 is 0 Å². The number of nitrogens with zero attached hydrogens (tertiary/aromatic N) is 3. The molecule has 4 fully saturated rings. The van der Waals surface area contributed by atoms with Gasteiger partial charge in [0.2, 0.25) is 0 Å². The summed E-state index contributed by atoms with van der Waals surface area (Å²) >= 11 is 0. The van der Waals surface area contributed by atoms with Crippen LogP contribution in [0.1, 0.15) is 63.4 Å². The molecular formula is C26H32N4.